The average Bonchev–Trinajstić information content (AvgIpc) is 2.14. The molecular weight excluding hydrogens is 190 g/mol. The van der Waals surface area contributed by atoms with E-state index in [1.807, 2.05) is 13.0 Å². The third kappa shape index (κ3) is 2.19. The summed E-state index contributed by atoms with van der Waals surface area (Å²) in [5.74, 6) is 2.22. The zero-order valence-corrected chi connectivity index (χ0v) is 9.50. The molecular formula is C11H17N3O. The molecule has 0 aliphatic heterocycles. The highest BCUT2D eigenvalue weighted by Gasteiger charge is 2.31. The largest absolute Gasteiger partial charge is 0.481 e. The Hall–Kier alpha value is -1.32. The number of nitrogens with zero attached hydrogens (tertiary/aromatic N) is 2. The second-order valence-electron chi connectivity index (χ2n) is 4.38. The molecule has 4 heteroatoms. The molecule has 0 saturated heterocycles. The van der Waals surface area contributed by atoms with Crippen molar-refractivity contribution < 1.29 is 4.74 Å². The van der Waals surface area contributed by atoms with E-state index < -0.39 is 0 Å². The van der Waals surface area contributed by atoms with Crippen molar-refractivity contribution in [2.75, 3.05) is 12.4 Å². The Balaban J connectivity index is 2.16. The molecule has 1 heterocycles. The number of rotatable bonds is 3. The number of aryl methyl sites for hydroxylation is 1. The maximum absolute atomic E-state index is 5.11. The molecule has 0 spiro atoms. The number of methoxy groups -OCH3 is 1. The van der Waals surface area contributed by atoms with Crippen LogP contribution in [0.1, 0.15) is 32.0 Å². The Morgan fingerprint density at radius 1 is 1.40 bits per heavy atom. The SMILES string of the molecule is COc1cc(NC2(C)CCC2)nc(C)n1. The fourth-order valence-electron chi connectivity index (χ4n) is 1.85. The van der Waals surface area contributed by atoms with Gasteiger partial charge in [-0.3, -0.25) is 0 Å². The van der Waals surface area contributed by atoms with Gasteiger partial charge < -0.3 is 10.1 Å². The van der Waals surface area contributed by atoms with Crippen molar-refractivity contribution in [2.45, 2.75) is 38.6 Å². The highest BCUT2D eigenvalue weighted by atomic mass is 16.5. The summed E-state index contributed by atoms with van der Waals surface area (Å²) in [7, 11) is 1.62. The molecule has 2 rings (SSSR count). The molecule has 0 aromatic carbocycles. The van der Waals surface area contributed by atoms with E-state index in [0.717, 1.165) is 11.6 Å². The summed E-state index contributed by atoms with van der Waals surface area (Å²) in [5.41, 5.74) is 0.214. The zero-order valence-electron chi connectivity index (χ0n) is 9.50. The van der Waals surface area contributed by atoms with Gasteiger partial charge in [-0.25, -0.2) is 4.98 Å². The van der Waals surface area contributed by atoms with Crippen LogP contribution < -0.4 is 10.1 Å². The van der Waals surface area contributed by atoms with Gasteiger partial charge in [-0.15, -0.1) is 0 Å². The number of hydrogen-bond donors (Lipinski definition) is 1. The van der Waals surface area contributed by atoms with E-state index in [-0.39, 0.29) is 5.54 Å². The van der Waals surface area contributed by atoms with Gasteiger partial charge in [-0.2, -0.15) is 4.98 Å². The molecule has 1 aromatic heterocycles. The van der Waals surface area contributed by atoms with Crippen LogP contribution in [-0.4, -0.2) is 22.6 Å². The normalized spacial score (nSPS) is 18.1. The first kappa shape index (κ1) is 10.2. The van der Waals surface area contributed by atoms with Gasteiger partial charge in [0.25, 0.3) is 0 Å². The van der Waals surface area contributed by atoms with Crippen LogP contribution in [0.3, 0.4) is 0 Å². The van der Waals surface area contributed by atoms with E-state index >= 15 is 0 Å². The van der Waals surface area contributed by atoms with Crippen molar-refractivity contribution in [3.8, 4) is 5.88 Å². The van der Waals surface area contributed by atoms with Crippen LogP contribution in [0.5, 0.6) is 5.88 Å². The summed E-state index contributed by atoms with van der Waals surface area (Å²) in [4.78, 5) is 8.50. The van der Waals surface area contributed by atoms with Crippen LogP contribution in [0.25, 0.3) is 0 Å². The predicted molar refractivity (Wildman–Crippen MR) is 59.2 cm³/mol. The minimum absolute atomic E-state index is 0.214. The van der Waals surface area contributed by atoms with Crippen molar-refractivity contribution in [2.24, 2.45) is 0 Å². The molecule has 1 aliphatic carbocycles. The first-order valence-corrected chi connectivity index (χ1v) is 5.29. The molecule has 82 valence electrons. The van der Waals surface area contributed by atoms with Crippen molar-refractivity contribution >= 4 is 5.82 Å². The van der Waals surface area contributed by atoms with Crippen molar-refractivity contribution in [1.82, 2.24) is 9.97 Å². The van der Waals surface area contributed by atoms with E-state index in [9.17, 15) is 0 Å². The molecule has 1 N–H and O–H groups in total. The minimum Gasteiger partial charge on any atom is -0.481 e. The molecule has 0 bridgehead atoms. The lowest BCUT2D eigenvalue weighted by Gasteiger charge is -2.39. The van der Waals surface area contributed by atoms with Crippen molar-refractivity contribution in [3.63, 3.8) is 0 Å². The van der Waals surface area contributed by atoms with Crippen LogP contribution in [0.4, 0.5) is 5.82 Å². The maximum Gasteiger partial charge on any atom is 0.218 e. The van der Waals surface area contributed by atoms with E-state index in [1.165, 1.54) is 19.3 Å². The van der Waals surface area contributed by atoms with Crippen LogP contribution in [0.2, 0.25) is 0 Å². The molecule has 4 nitrogen and oxygen atoms in total. The summed E-state index contributed by atoms with van der Waals surface area (Å²) in [6, 6.07) is 1.84. The number of nitrogens with one attached hydrogen (secondary N) is 1. The van der Waals surface area contributed by atoms with E-state index in [4.69, 9.17) is 4.74 Å². The van der Waals surface area contributed by atoms with Gasteiger partial charge in [-0.05, 0) is 33.1 Å². The molecule has 1 fully saturated rings. The number of aromatic nitrogens is 2. The minimum atomic E-state index is 0.214. The summed E-state index contributed by atoms with van der Waals surface area (Å²) in [6.45, 7) is 4.09. The quantitative estimate of drug-likeness (QED) is 0.825. The molecule has 1 saturated carbocycles. The Morgan fingerprint density at radius 3 is 2.67 bits per heavy atom. The summed E-state index contributed by atoms with van der Waals surface area (Å²) in [6.07, 6.45) is 3.71. The Bertz CT molecular complexity index is 361. The fraction of sp³-hybridized carbons (Fsp3) is 0.636. The van der Waals surface area contributed by atoms with Crippen molar-refractivity contribution in [1.29, 1.82) is 0 Å². The fourth-order valence-corrected chi connectivity index (χ4v) is 1.85. The summed E-state index contributed by atoms with van der Waals surface area (Å²) < 4.78 is 5.11. The molecule has 1 aromatic rings. The highest BCUT2D eigenvalue weighted by Crippen LogP contribution is 2.34. The van der Waals surface area contributed by atoms with Crippen LogP contribution in [0.15, 0.2) is 6.07 Å². The lowest BCUT2D eigenvalue weighted by molar-refractivity contribution is 0.305. The van der Waals surface area contributed by atoms with Crippen molar-refractivity contribution in [3.05, 3.63) is 11.9 Å². The van der Waals surface area contributed by atoms with Crippen LogP contribution >= 0.6 is 0 Å². The molecule has 0 atom stereocenters. The Kier molecular flexibility index (Phi) is 2.50. The van der Waals surface area contributed by atoms with Gasteiger partial charge in [0.2, 0.25) is 5.88 Å². The molecule has 0 unspecified atom stereocenters. The van der Waals surface area contributed by atoms with Crippen LogP contribution in [0, 0.1) is 6.92 Å². The predicted octanol–water partition coefficient (Wildman–Crippen LogP) is 2.15. The lowest BCUT2D eigenvalue weighted by Crippen LogP contribution is -2.41. The topological polar surface area (TPSA) is 47.0 Å². The first-order chi connectivity index (χ1) is 7.11. The number of anilines is 1. The van der Waals surface area contributed by atoms with Gasteiger partial charge >= 0.3 is 0 Å². The van der Waals surface area contributed by atoms with Gasteiger partial charge in [0.05, 0.1) is 7.11 Å². The summed E-state index contributed by atoms with van der Waals surface area (Å²) in [5, 5.41) is 3.44. The Morgan fingerprint density at radius 2 is 2.13 bits per heavy atom. The standard InChI is InChI=1S/C11H17N3O/c1-8-12-9(7-10(13-8)15-3)14-11(2)5-4-6-11/h7H,4-6H2,1-3H3,(H,12,13,14). The summed E-state index contributed by atoms with van der Waals surface area (Å²) >= 11 is 0. The zero-order chi connectivity index (χ0) is 10.9. The second-order valence-corrected chi connectivity index (χ2v) is 4.38. The smallest absolute Gasteiger partial charge is 0.218 e. The molecule has 0 amide bonds. The number of hydrogen-bond acceptors (Lipinski definition) is 4. The van der Waals surface area contributed by atoms with Gasteiger partial charge in [0.15, 0.2) is 0 Å². The van der Waals surface area contributed by atoms with Gasteiger partial charge in [-0.1, -0.05) is 0 Å². The number of ether oxygens (including phenoxy) is 1. The van der Waals surface area contributed by atoms with E-state index in [0.29, 0.717) is 5.88 Å². The molecule has 1 aliphatic rings. The van der Waals surface area contributed by atoms with Gasteiger partial charge in [0.1, 0.15) is 11.6 Å². The monoisotopic (exact) mass is 207 g/mol. The third-order valence-corrected chi connectivity index (χ3v) is 2.91. The second kappa shape index (κ2) is 3.68. The lowest BCUT2D eigenvalue weighted by atomic mass is 9.78. The molecule has 15 heavy (non-hydrogen) atoms. The first-order valence-electron chi connectivity index (χ1n) is 5.29. The molecule has 0 radical (unpaired) electrons. The van der Waals surface area contributed by atoms with Crippen LogP contribution in [-0.2, 0) is 0 Å². The maximum atomic E-state index is 5.11. The highest BCUT2D eigenvalue weighted by molar-refractivity contribution is 5.41. The third-order valence-electron chi connectivity index (χ3n) is 2.91. The van der Waals surface area contributed by atoms with E-state index in [2.05, 4.69) is 22.2 Å². The average molecular weight is 207 g/mol. The van der Waals surface area contributed by atoms with E-state index in [1.54, 1.807) is 7.11 Å². The Labute approximate surface area is 90.1 Å². The van der Waals surface area contributed by atoms with Gasteiger partial charge in [0, 0.05) is 11.6 Å².